The van der Waals surface area contributed by atoms with Crippen molar-refractivity contribution in [2.45, 2.75) is 56.7 Å². The summed E-state index contributed by atoms with van der Waals surface area (Å²) in [5.41, 5.74) is 1.19. The van der Waals surface area contributed by atoms with Crippen LogP contribution in [0.25, 0.3) is 0 Å². The number of anilines is 3. The average Bonchev–Trinajstić information content (AvgIpc) is 3.39. The highest BCUT2D eigenvalue weighted by molar-refractivity contribution is 6.33. The van der Waals surface area contributed by atoms with Crippen molar-refractivity contribution < 1.29 is 27.1 Å². The minimum absolute atomic E-state index is 0.135. The van der Waals surface area contributed by atoms with Gasteiger partial charge < -0.3 is 26.0 Å². The Morgan fingerprint density at radius 2 is 1.82 bits per heavy atom. The maximum Gasteiger partial charge on any atom is 0.416 e. The van der Waals surface area contributed by atoms with Crippen LogP contribution in [-0.2, 0) is 18.1 Å². The molecule has 3 aromatic rings. The normalized spacial score (nSPS) is 19.7. The number of rotatable bonds is 5. The van der Waals surface area contributed by atoms with E-state index in [4.69, 9.17) is 16.3 Å². The van der Waals surface area contributed by atoms with Crippen molar-refractivity contribution in [2.75, 3.05) is 16.0 Å². The zero-order valence-electron chi connectivity index (χ0n) is 21.0. The molecule has 2 heterocycles. The number of alkyl halides is 3. The van der Waals surface area contributed by atoms with Crippen molar-refractivity contribution in [3.63, 3.8) is 0 Å². The molecule has 6 nitrogen and oxygen atoms in total. The Kier molecular flexibility index (Phi) is 5.70. The van der Waals surface area contributed by atoms with Gasteiger partial charge in [-0.05, 0) is 62.6 Å². The van der Waals surface area contributed by atoms with Gasteiger partial charge in [0, 0.05) is 12.0 Å². The topological polar surface area (TPSA) is 74.4 Å². The standard InChI is InChI=1S/C28H25ClF4N4O2/c1-26(2)13-17-21-20(34-25(35-21)36-22-18(29)4-3-5-19(22)30)12-16(23(17)39-26)24(38)37-27(10-11-27)14-6-8-15(9-7-14)28(31,32)33/h3-9,12,25,34-36H,10-11,13H2,1-2H3,(H,37,38). The molecule has 2 aliphatic heterocycles. The van der Waals surface area contributed by atoms with E-state index in [0.29, 0.717) is 41.8 Å². The number of para-hydroxylation sites is 1. The van der Waals surface area contributed by atoms with Crippen LogP contribution in [0.4, 0.5) is 34.6 Å². The van der Waals surface area contributed by atoms with Gasteiger partial charge in [-0.15, -0.1) is 0 Å². The van der Waals surface area contributed by atoms with Gasteiger partial charge in [-0.1, -0.05) is 29.8 Å². The molecule has 3 aromatic carbocycles. The number of halogens is 5. The molecule has 1 fully saturated rings. The third kappa shape index (κ3) is 4.60. The van der Waals surface area contributed by atoms with Crippen molar-refractivity contribution in [3.05, 3.63) is 81.6 Å². The summed E-state index contributed by atoms with van der Waals surface area (Å²) in [7, 11) is 0. The molecule has 1 saturated carbocycles. The first-order valence-electron chi connectivity index (χ1n) is 12.5. The predicted molar refractivity (Wildman–Crippen MR) is 141 cm³/mol. The van der Waals surface area contributed by atoms with E-state index in [1.54, 1.807) is 12.1 Å². The van der Waals surface area contributed by atoms with E-state index in [0.717, 1.165) is 23.4 Å². The van der Waals surface area contributed by atoms with E-state index in [2.05, 4.69) is 21.3 Å². The van der Waals surface area contributed by atoms with Gasteiger partial charge in [0.15, 0.2) is 6.29 Å². The van der Waals surface area contributed by atoms with E-state index < -0.39 is 35.0 Å². The number of nitrogens with one attached hydrogen (secondary N) is 4. The van der Waals surface area contributed by atoms with Crippen LogP contribution in [-0.4, -0.2) is 17.8 Å². The Morgan fingerprint density at radius 3 is 2.46 bits per heavy atom. The average molecular weight is 561 g/mol. The zero-order valence-corrected chi connectivity index (χ0v) is 21.8. The second kappa shape index (κ2) is 8.67. The Bertz CT molecular complexity index is 1470. The SMILES string of the molecule is CC1(C)Cc2c3c(cc(C(=O)NC4(c5ccc(C(F)(F)F)cc5)CC4)c2O1)NC(Nc1c(F)cccc1Cl)N3. The van der Waals surface area contributed by atoms with Crippen molar-refractivity contribution in [2.24, 2.45) is 0 Å². The second-order valence-corrected chi connectivity index (χ2v) is 11.2. The summed E-state index contributed by atoms with van der Waals surface area (Å²) in [6.07, 6.45) is -3.30. The molecule has 1 unspecified atom stereocenters. The number of hydrogen-bond donors (Lipinski definition) is 4. The number of ether oxygens (including phenoxy) is 1. The minimum atomic E-state index is -4.43. The maximum atomic E-state index is 14.4. The second-order valence-electron chi connectivity index (χ2n) is 10.8. The first-order valence-corrected chi connectivity index (χ1v) is 12.9. The molecule has 1 atom stereocenters. The molecule has 6 rings (SSSR count). The van der Waals surface area contributed by atoms with Crippen LogP contribution >= 0.6 is 11.6 Å². The largest absolute Gasteiger partial charge is 0.486 e. The molecular weight excluding hydrogens is 536 g/mol. The highest BCUT2D eigenvalue weighted by atomic mass is 35.5. The third-order valence-electron chi connectivity index (χ3n) is 7.31. The van der Waals surface area contributed by atoms with E-state index >= 15 is 0 Å². The van der Waals surface area contributed by atoms with E-state index in [-0.39, 0.29) is 16.6 Å². The summed E-state index contributed by atoms with van der Waals surface area (Å²) >= 11 is 6.18. The van der Waals surface area contributed by atoms with E-state index in [1.807, 2.05) is 13.8 Å². The van der Waals surface area contributed by atoms with E-state index in [9.17, 15) is 22.4 Å². The highest BCUT2D eigenvalue weighted by Crippen LogP contribution is 2.50. The number of fused-ring (bicyclic) bond motifs is 3. The van der Waals surface area contributed by atoms with Crippen LogP contribution < -0.4 is 26.0 Å². The molecule has 3 aliphatic rings. The highest BCUT2D eigenvalue weighted by Gasteiger charge is 2.47. The van der Waals surface area contributed by atoms with Crippen LogP contribution in [0.1, 0.15) is 53.7 Å². The third-order valence-corrected chi connectivity index (χ3v) is 7.63. The fraction of sp³-hybridized carbons (Fsp3) is 0.321. The van der Waals surface area contributed by atoms with E-state index in [1.165, 1.54) is 24.3 Å². The number of amides is 1. The molecule has 0 saturated heterocycles. The van der Waals surface area contributed by atoms with Gasteiger partial charge >= 0.3 is 6.18 Å². The van der Waals surface area contributed by atoms with Crippen LogP contribution in [0.2, 0.25) is 5.02 Å². The van der Waals surface area contributed by atoms with Gasteiger partial charge in [0.05, 0.1) is 38.8 Å². The van der Waals surface area contributed by atoms with Crippen LogP contribution in [0.3, 0.4) is 0 Å². The smallest absolute Gasteiger partial charge is 0.416 e. The molecule has 1 amide bonds. The monoisotopic (exact) mass is 560 g/mol. The summed E-state index contributed by atoms with van der Waals surface area (Å²) < 4.78 is 59.7. The Hall–Kier alpha value is -3.66. The zero-order chi connectivity index (χ0) is 27.7. The lowest BCUT2D eigenvalue weighted by molar-refractivity contribution is -0.137. The van der Waals surface area contributed by atoms with Gasteiger partial charge in [0.2, 0.25) is 0 Å². The summed E-state index contributed by atoms with van der Waals surface area (Å²) in [4.78, 5) is 13.6. The van der Waals surface area contributed by atoms with Crippen molar-refractivity contribution in [1.29, 1.82) is 0 Å². The molecule has 204 valence electrons. The number of carbonyl (C=O) groups excluding carboxylic acids is 1. The summed E-state index contributed by atoms with van der Waals surface area (Å²) in [6.45, 7) is 3.84. The molecule has 0 spiro atoms. The quantitative estimate of drug-likeness (QED) is 0.256. The fourth-order valence-corrected chi connectivity index (χ4v) is 5.47. The summed E-state index contributed by atoms with van der Waals surface area (Å²) in [6, 6.07) is 11.0. The number of carbonyl (C=O) groups is 1. The van der Waals surface area contributed by atoms with Gasteiger partial charge in [-0.25, -0.2) is 4.39 Å². The lowest BCUT2D eigenvalue weighted by Crippen LogP contribution is -2.35. The lowest BCUT2D eigenvalue weighted by Gasteiger charge is -2.21. The molecule has 0 aromatic heterocycles. The first-order chi connectivity index (χ1) is 18.4. The molecule has 11 heteroatoms. The summed E-state index contributed by atoms with van der Waals surface area (Å²) in [5.74, 6) is -0.451. The number of benzene rings is 3. The van der Waals surface area contributed by atoms with Crippen molar-refractivity contribution in [1.82, 2.24) is 5.32 Å². The molecule has 1 aliphatic carbocycles. The Labute approximate surface area is 227 Å². The van der Waals surface area contributed by atoms with Gasteiger partial charge in [0.25, 0.3) is 5.91 Å². The molecular formula is C28H25ClF4N4O2. The summed E-state index contributed by atoms with van der Waals surface area (Å²) in [5, 5.41) is 12.8. The maximum absolute atomic E-state index is 14.4. The van der Waals surface area contributed by atoms with Crippen LogP contribution in [0.15, 0.2) is 48.5 Å². The number of hydrogen-bond acceptors (Lipinski definition) is 5. The molecule has 0 radical (unpaired) electrons. The van der Waals surface area contributed by atoms with Gasteiger partial charge in [0.1, 0.15) is 17.2 Å². The van der Waals surface area contributed by atoms with Crippen molar-refractivity contribution >= 4 is 34.6 Å². The molecule has 0 bridgehead atoms. The molecule has 39 heavy (non-hydrogen) atoms. The lowest BCUT2D eigenvalue weighted by atomic mass is 9.97. The minimum Gasteiger partial charge on any atom is -0.486 e. The fourth-order valence-electron chi connectivity index (χ4n) is 5.25. The first kappa shape index (κ1) is 25.6. The predicted octanol–water partition coefficient (Wildman–Crippen LogP) is 6.86. The van der Waals surface area contributed by atoms with Crippen molar-refractivity contribution in [3.8, 4) is 5.75 Å². The molecule has 4 N–H and O–H groups in total. The Balaban J connectivity index is 1.28. The van der Waals surface area contributed by atoms with Crippen LogP contribution in [0, 0.1) is 5.82 Å². The van der Waals surface area contributed by atoms with Gasteiger partial charge in [-0.2, -0.15) is 13.2 Å². The van der Waals surface area contributed by atoms with Crippen LogP contribution in [0.5, 0.6) is 5.75 Å². The Morgan fingerprint density at radius 1 is 1.10 bits per heavy atom. The van der Waals surface area contributed by atoms with Gasteiger partial charge in [-0.3, -0.25) is 4.79 Å².